The van der Waals surface area contributed by atoms with Crippen LogP contribution in [0.3, 0.4) is 0 Å². The topological polar surface area (TPSA) is 67.2 Å². The van der Waals surface area contributed by atoms with Gasteiger partial charge >= 0.3 is 0 Å². The van der Waals surface area contributed by atoms with Crippen molar-refractivity contribution in [1.29, 1.82) is 0 Å². The summed E-state index contributed by atoms with van der Waals surface area (Å²) in [5, 5.41) is 12.9. The first-order valence-electron chi connectivity index (χ1n) is 12.1. The van der Waals surface area contributed by atoms with Crippen LogP contribution in [0.15, 0.2) is 22.7 Å². The Morgan fingerprint density at radius 3 is 2.47 bits per heavy atom. The lowest BCUT2D eigenvalue weighted by atomic mass is 10.0. The molecule has 7 nitrogen and oxygen atoms in total. The minimum Gasteiger partial charge on any atom is -0.341 e. The molecular weight excluding hydrogens is 464 g/mol. The zero-order valence-corrected chi connectivity index (χ0v) is 22.0. The van der Waals surface area contributed by atoms with Crippen LogP contribution >= 0.6 is 23.1 Å². The summed E-state index contributed by atoms with van der Waals surface area (Å²) < 4.78 is 2.35. The van der Waals surface area contributed by atoms with E-state index >= 15 is 0 Å². The van der Waals surface area contributed by atoms with Crippen LogP contribution in [-0.4, -0.2) is 38.7 Å². The number of thioether (sulfide) groups is 1. The second-order valence-electron chi connectivity index (χ2n) is 9.44. The Balaban J connectivity index is 1.35. The van der Waals surface area contributed by atoms with E-state index in [-0.39, 0.29) is 5.91 Å². The lowest BCUT2D eigenvalue weighted by Gasteiger charge is -2.27. The van der Waals surface area contributed by atoms with E-state index in [1.807, 2.05) is 0 Å². The second kappa shape index (κ2) is 9.70. The van der Waals surface area contributed by atoms with Gasteiger partial charge in [0.2, 0.25) is 11.9 Å². The van der Waals surface area contributed by atoms with Gasteiger partial charge in [0.05, 0.1) is 11.4 Å². The maximum absolute atomic E-state index is 12.7. The molecule has 180 valence electrons. The quantitative estimate of drug-likeness (QED) is 0.376. The molecule has 0 N–H and O–H groups in total. The monoisotopic (exact) mass is 496 g/mol. The predicted octanol–water partition coefficient (Wildman–Crippen LogP) is 5.96. The highest BCUT2D eigenvalue weighted by Gasteiger charge is 2.32. The third-order valence-corrected chi connectivity index (χ3v) is 8.30. The van der Waals surface area contributed by atoms with Crippen molar-refractivity contribution in [2.75, 3.05) is 22.9 Å². The SMILES string of the molecule is CC(=O)N(c1nc(CSc2nnc(N3CCCCC3)n2C2CC2)cs1)c1c(C)cc(C)cc1C. The number of nitrogens with zero attached hydrogens (tertiary/aromatic N) is 6. The van der Waals surface area contributed by atoms with E-state index in [0.29, 0.717) is 11.8 Å². The van der Waals surface area contributed by atoms with Gasteiger partial charge in [-0.05, 0) is 64.0 Å². The first kappa shape index (κ1) is 23.4. The number of anilines is 3. The Hall–Kier alpha value is -2.39. The lowest BCUT2D eigenvalue weighted by molar-refractivity contribution is -0.115. The van der Waals surface area contributed by atoms with Gasteiger partial charge in [-0.3, -0.25) is 14.3 Å². The highest BCUT2D eigenvalue weighted by atomic mass is 32.2. The van der Waals surface area contributed by atoms with Gasteiger partial charge in [0.25, 0.3) is 0 Å². The number of hydrogen-bond donors (Lipinski definition) is 0. The van der Waals surface area contributed by atoms with Gasteiger partial charge in [-0.1, -0.05) is 29.5 Å². The Morgan fingerprint density at radius 1 is 1.12 bits per heavy atom. The first-order chi connectivity index (χ1) is 16.4. The number of hydrogen-bond acceptors (Lipinski definition) is 7. The minimum absolute atomic E-state index is 0.0248. The standard InChI is InChI=1S/C25H32N6OS2/c1-16-12-17(2)22(18(3)13-16)30(19(4)32)24-26-20(14-33-24)15-34-25-28-27-23(31(25)21-8-9-21)29-10-6-5-7-11-29/h12-14,21H,5-11,15H2,1-4H3. The molecule has 1 aliphatic heterocycles. The summed E-state index contributed by atoms with van der Waals surface area (Å²) in [4.78, 5) is 21.7. The molecule has 2 aromatic heterocycles. The van der Waals surface area contributed by atoms with Crippen LogP contribution in [0.1, 0.15) is 67.5 Å². The summed E-state index contributed by atoms with van der Waals surface area (Å²) in [5.74, 6) is 1.72. The number of benzene rings is 1. The number of amides is 1. The van der Waals surface area contributed by atoms with Crippen LogP contribution in [-0.2, 0) is 10.5 Å². The maximum atomic E-state index is 12.7. The Morgan fingerprint density at radius 2 is 1.82 bits per heavy atom. The molecule has 1 saturated carbocycles. The molecule has 3 aromatic rings. The van der Waals surface area contributed by atoms with Gasteiger partial charge in [-0.25, -0.2) is 4.98 Å². The fraction of sp³-hybridized carbons (Fsp3) is 0.520. The number of aryl methyl sites for hydroxylation is 3. The van der Waals surface area contributed by atoms with E-state index in [1.165, 1.54) is 49.0 Å². The average molecular weight is 497 g/mol. The largest absolute Gasteiger partial charge is 0.341 e. The van der Waals surface area contributed by atoms with E-state index in [1.54, 1.807) is 23.6 Å². The van der Waals surface area contributed by atoms with Crippen molar-refractivity contribution in [3.05, 3.63) is 39.9 Å². The molecule has 3 heterocycles. The summed E-state index contributed by atoms with van der Waals surface area (Å²) in [6.07, 6.45) is 6.18. The molecule has 1 saturated heterocycles. The molecular formula is C25H32N6OS2. The van der Waals surface area contributed by atoms with Crippen molar-refractivity contribution >= 4 is 45.8 Å². The molecule has 0 unspecified atom stereocenters. The molecule has 2 aliphatic rings. The summed E-state index contributed by atoms with van der Waals surface area (Å²) in [5.41, 5.74) is 5.26. The minimum atomic E-state index is -0.0248. The molecule has 1 amide bonds. The third kappa shape index (κ3) is 4.73. The van der Waals surface area contributed by atoms with Crippen molar-refractivity contribution in [2.24, 2.45) is 0 Å². The van der Waals surface area contributed by atoms with Crippen LogP contribution in [0.25, 0.3) is 0 Å². The zero-order chi connectivity index (χ0) is 23.8. The first-order valence-corrected chi connectivity index (χ1v) is 13.9. The van der Waals surface area contributed by atoms with Crippen molar-refractivity contribution in [2.45, 2.75) is 76.8 Å². The smallest absolute Gasteiger partial charge is 0.230 e. The number of carbonyl (C=O) groups excluding carboxylic acids is 1. The van der Waals surface area contributed by atoms with Crippen LogP contribution in [0.2, 0.25) is 0 Å². The van der Waals surface area contributed by atoms with Gasteiger partial charge in [-0.15, -0.1) is 21.5 Å². The van der Waals surface area contributed by atoms with Crippen molar-refractivity contribution in [1.82, 2.24) is 19.7 Å². The summed E-state index contributed by atoms with van der Waals surface area (Å²) >= 11 is 3.21. The highest BCUT2D eigenvalue weighted by Crippen LogP contribution is 2.42. The third-order valence-electron chi connectivity index (χ3n) is 6.45. The van der Waals surface area contributed by atoms with Crippen LogP contribution in [0.5, 0.6) is 0 Å². The molecule has 9 heteroatoms. The van der Waals surface area contributed by atoms with Gasteiger partial charge in [-0.2, -0.15) is 0 Å². The normalized spacial score (nSPS) is 16.2. The summed E-state index contributed by atoms with van der Waals surface area (Å²) in [6, 6.07) is 4.77. The summed E-state index contributed by atoms with van der Waals surface area (Å²) in [6.45, 7) is 9.94. The molecule has 5 rings (SSSR count). The Labute approximate surface area is 209 Å². The maximum Gasteiger partial charge on any atom is 0.230 e. The van der Waals surface area contributed by atoms with Crippen LogP contribution < -0.4 is 9.80 Å². The van der Waals surface area contributed by atoms with Gasteiger partial charge in [0, 0.05) is 37.2 Å². The molecule has 0 spiro atoms. The molecule has 34 heavy (non-hydrogen) atoms. The number of aromatic nitrogens is 4. The number of carbonyl (C=O) groups is 1. The van der Waals surface area contributed by atoms with E-state index in [4.69, 9.17) is 4.98 Å². The highest BCUT2D eigenvalue weighted by molar-refractivity contribution is 7.98. The van der Waals surface area contributed by atoms with E-state index < -0.39 is 0 Å². The Kier molecular flexibility index (Phi) is 6.66. The predicted molar refractivity (Wildman–Crippen MR) is 140 cm³/mol. The molecule has 1 aliphatic carbocycles. The molecule has 0 bridgehead atoms. The van der Waals surface area contributed by atoms with E-state index in [0.717, 1.165) is 51.8 Å². The van der Waals surface area contributed by atoms with Gasteiger partial charge in [0.15, 0.2) is 10.3 Å². The van der Waals surface area contributed by atoms with Crippen LogP contribution in [0.4, 0.5) is 16.8 Å². The van der Waals surface area contributed by atoms with Gasteiger partial charge < -0.3 is 4.90 Å². The van der Waals surface area contributed by atoms with E-state index in [2.05, 4.69) is 57.9 Å². The molecule has 0 radical (unpaired) electrons. The molecule has 1 aromatic carbocycles. The fourth-order valence-corrected chi connectivity index (χ4v) is 6.72. The van der Waals surface area contributed by atoms with Gasteiger partial charge in [0.1, 0.15) is 0 Å². The molecule has 2 fully saturated rings. The number of rotatable bonds is 7. The summed E-state index contributed by atoms with van der Waals surface area (Å²) in [7, 11) is 0. The van der Waals surface area contributed by atoms with E-state index in [9.17, 15) is 4.79 Å². The Bertz CT molecular complexity index is 1170. The number of thiazole rings is 1. The number of piperidine rings is 1. The van der Waals surface area contributed by atoms with Crippen molar-refractivity contribution < 1.29 is 4.79 Å². The van der Waals surface area contributed by atoms with Crippen LogP contribution in [0, 0.1) is 20.8 Å². The van der Waals surface area contributed by atoms with Crippen molar-refractivity contribution in [3.63, 3.8) is 0 Å². The van der Waals surface area contributed by atoms with Crippen molar-refractivity contribution in [3.8, 4) is 0 Å². The molecule has 0 atom stereocenters. The average Bonchev–Trinajstić information content (AvgIpc) is 3.38. The zero-order valence-electron chi connectivity index (χ0n) is 20.4. The fourth-order valence-electron chi connectivity index (χ4n) is 4.85. The lowest BCUT2D eigenvalue weighted by Crippen LogP contribution is -2.31. The second-order valence-corrected chi connectivity index (χ2v) is 11.2.